The summed E-state index contributed by atoms with van der Waals surface area (Å²) >= 11 is 1.59. The summed E-state index contributed by atoms with van der Waals surface area (Å²) < 4.78 is 5.25. The SMILES string of the molecule is Cc1nc(-c2nc(CN3CCNCC3)no2)cs1. The quantitative estimate of drug-likeness (QED) is 0.889. The van der Waals surface area contributed by atoms with Crippen LogP contribution in [0.3, 0.4) is 0 Å². The Labute approximate surface area is 109 Å². The number of aromatic nitrogens is 3. The summed E-state index contributed by atoms with van der Waals surface area (Å²) in [6.45, 7) is 6.81. The van der Waals surface area contributed by atoms with Gasteiger partial charge in [-0.1, -0.05) is 5.16 Å². The van der Waals surface area contributed by atoms with Crippen molar-refractivity contribution in [3.05, 3.63) is 16.2 Å². The molecule has 18 heavy (non-hydrogen) atoms. The number of hydrogen-bond donors (Lipinski definition) is 1. The molecule has 3 rings (SSSR count). The smallest absolute Gasteiger partial charge is 0.277 e. The van der Waals surface area contributed by atoms with Gasteiger partial charge in [0.25, 0.3) is 5.89 Å². The number of piperazine rings is 1. The fourth-order valence-corrected chi connectivity index (χ4v) is 2.54. The van der Waals surface area contributed by atoms with Gasteiger partial charge in [-0.3, -0.25) is 4.90 Å². The summed E-state index contributed by atoms with van der Waals surface area (Å²) in [6, 6.07) is 0. The van der Waals surface area contributed by atoms with E-state index in [2.05, 4.69) is 25.3 Å². The molecule has 0 saturated carbocycles. The van der Waals surface area contributed by atoms with E-state index in [9.17, 15) is 0 Å². The topological polar surface area (TPSA) is 67.1 Å². The predicted molar refractivity (Wildman–Crippen MR) is 68.3 cm³/mol. The van der Waals surface area contributed by atoms with Crippen LogP contribution in [-0.4, -0.2) is 46.2 Å². The van der Waals surface area contributed by atoms with Gasteiger partial charge in [-0.25, -0.2) is 4.98 Å². The van der Waals surface area contributed by atoms with Crippen LogP contribution in [0.2, 0.25) is 0 Å². The van der Waals surface area contributed by atoms with Crippen LogP contribution in [0.5, 0.6) is 0 Å². The third-order valence-electron chi connectivity index (χ3n) is 2.88. The van der Waals surface area contributed by atoms with Gasteiger partial charge in [0.1, 0.15) is 5.69 Å². The van der Waals surface area contributed by atoms with Gasteiger partial charge in [-0.05, 0) is 6.92 Å². The van der Waals surface area contributed by atoms with Crippen molar-refractivity contribution in [2.24, 2.45) is 0 Å². The molecule has 1 fully saturated rings. The lowest BCUT2D eigenvalue weighted by atomic mass is 10.3. The summed E-state index contributed by atoms with van der Waals surface area (Å²) in [5.41, 5.74) is 0.775. The van der Waals surface area contributed by atoms with E-state index in [1.54, 1.807) is 11.3 Å². The largest absolute Gasteiger partial charge is 0.332 e. The molecule has 96 valence electrons. The summed E-state index contributed by atoms with van der Waals surface area (Å²) in [7, 11) is 0. The number of hydrogen-bond acceptors (Lipinski definition) is 7. The lowest BCUT2D eigenvalue weighted by Gasteiger charge is -2.25. The third-order valence-corrected chi connectivity index (χ3v) is 3.65. The van der Waals surface area contributed by atoms with E-state index in [0.29, 0.717) is 5.89 Å². The first kappa shape index (κ1) is 11.8. The Hall–Kier alpha value is -1.31. The van der Waals surface area contributed by atoms with Crippen molar-refractivity contribution < 1.29 is 4.52 Å². The average molecular weight is 265 g/mol. The molecule has 1 aliphatic rings. The Bertz CT molecular complexity index is 517. The molecular formula is C11H15N5OS. The molecule has 3 heterocycles. The van der Waals surface area contributed by atoms with E-state index in [4.69, 9.17) is 4.52 Å². The highest BCUT2D eigenvalue weighted by Gasteiger charge is 2.15. The van der Waals surface area contributed by atoms with Crippen molar-refractivity contribution in [3.63, 3.8) is 0 Å². The summed E-state index contributed by atoms with van der Waals surface area (Å²) in [6.07, 6.45) is 0. The first-order valence-electron chi connectivity index (χ1n) is 5.99. The Morgan fingerprint density at radius 1 is 1.39 bits per heavy atom. The number of rotatable bonds is 3. The highest BCUT2D eigenvalue weighted by atomic mass is 32.1. The maximum absolute atomic E-state index is 5.25. The van der Waals surface area contributed by atoms with Crippen molar-refractivity contribution in [3.8, 4) is 11.6 Å². The van der Waals surface area contributed by atoms with Crippen molar-refractivity contribution in [2.75, 3.05) is 26.2 Å². The molecule has 0 bridgehead atoms. The maximum atomic E-state index is 5.25. The number of thiazole rings is 1. The van der Waals surface area contributed by atoms with E-state index in [1.807, 2.05) is 12.3 Å². The van der Waals surface area contributed by atoms with Crippen LogP contribution in [0.1, 0.15) is 10.8 Å². The number of nitrogens with zero attached hydrogens (tertiary/aromatic N) is 4. The lowest BCUT2D eigenvalue weighted by Crippen LogP contribution is -2.43. The van der Waals surface area contributed by atoms with Crippen LogP contribution in [0.15, 0.2) is 9.90 Å². The maximum Gasteiger partial charge on any atom is 0.277 e. The van der Waals surface area contributed by atoms with Crippen LogP contribution in [-0.2, 0) is 6.54 Å². The molecule has 1 aliphatic heterocycles. The first-order chi connectivity index (χ1) is 8.81. The van der Waals surface area contributed by atoms with Crippen LogP contribution in [0.4, 0.5) is 0 Å². The monoisotopic (exact) mass is 265 g/mol. The van der Waals surface area contributed by atoms with Gasteiger partial charge >= 0.3 is 0 Å². The van der Waals surface area contributed by atoms with Gasteiger partial charge in [-0.15, -0.1) is 11.3 Å². The highest BCUT2D eigenvalue weighted by Crippen LogP contribution is 2.19. The van der Waals surface area contributed by atoms with Crippen molar-refractivity contribution in [1.82, 2.24) is 25.3 Å². The van der Waals surface area contributed by atoms with Gasteiger partial charge in [0, 0.05) is 31.6 Å². The zero-order valence-electron chi connectivity index (χ0n) is 10.2. The molecule has 0 radical (unpaired) electrons. The Kier molecular flexibility index (Phi) is 3.35. The van der Waals surface area contributed by atoms with Crippen LogP contribution < -0.4 is 5.32 Å². The molecule has 0 amide bonds. The van der Waals surface area contributed by atoms with Gasteiger partial charge in [-0.2, -0.15) is 4.98 Å². The molecule has 0 aromatic carbocycles. The first-order valence-corrected chi connectivity index (χ1v) is 6.87. The van der Waals surface area contributed by atoms with Crippen molar-refractivity contribution in [2.45, 2.75) is 13.5 Å². The van der Waals surface area contributed by atoms with E-state index >= 15 is 0 Å². The van der Waals surface area contributed by atoms with Crippen molar-refractivity contribution >= 4 is 11.3 Å². The molecule has 0 unspecified atom stereocenters. The Balaban J connectivity index is 1.69. The molecule has 0 aliphatic carbocycles. The standard InChI is InChI=1S/C11H15N5OS/c1-8-13-9(7-18-8)11-14-10(15-17-11)6-16-4-2-12-3-5-16/h7,12H,2-6H2,1H3. The van der Waals surface area contributed by atoms with Crippen LogP contribution in [0.25, 0.3) is 11.6 Å². The third kappa shape index (κ3) is 2.58. The summed E-state index contributed by atoms with van der Waals surface area (Å²) in [5, 5.41) is 10.3. The van der Waals surface area contributed by atoms with Gasteiger partial charge in [0.15, 0.2) is 5.82 Å². The molecule has 2 aromatic heterocycles. The zero-order chi connectivity index (χ0) is 12.4. The number of aryl methyl sites for hydroxylation is 1. The second kappa shape index (κ2) is 5.13. The molecule has 2 aromatic rings. The lowest BCUT2D eigenvalue weighted by molar-refractivity contribution is 0.225. The second-order valence-corrected chi connectivity index (χ2v) is 5.36. The van der Waals surface area contributed by atoms with Gasteiger partial charge in [0.2, 0.25) is 0 Å². The van der Waals surface area contributed by atoms with E-state index in [0.717, 1.165) is 49.2 Å². The van der Waals surface area contributed by atoms with E-state index in [1.165, 1.54) is 0 Å². The predicted octanol–water partition coefficient (Wildman–Crippen LogP) is 0.907. The molecule has 0 spiro atoms. The van der Waals surface area contributed by atoms with Crippen LogP contribution >= 0.6 is 11.3 Å². The minimum atomic E-state index is 0.518. The van der Waals surface area contributed by atoms with E-state index < -0.39 is 0 Å². The Morgan fingerprint density at radius 3 is 2.94 bits per heavy atom. The van der Waals surface area contributed by atoms with Crippen LogP contribution in [0, 0.1) is 6.92 Å². The van der Waals surface area contributed by atoms with Crippen molar-refractivity contribution in [1.29, 1.82) is 0 Å². The molecule has 1 saturated heterocycles. The normalized spacial score (nSPS) is 17.2. The minimum Gasteiger partial charge on any atom is -0.332 e. The average Bonchev–Trinajstić information content (AvgIpc) is 2.99. The van der Waals surface area contributed by atoms with E-state index in [-0.39, 0.29) is 0 Å². The summed E-state index contributed by atoms with van der Waals surface area (Å²) in [5.74, 6) is 1.25. The molecular weight excluding hydrogens is 250 g/mol. The molecule has 7 heteroatoms. The Morgan fingerprint density at radius 2 is 2.22 bits per heavy atom. The summed E-state index contributed by atoms with van der Waals surface area (Å²) in [4.78, 5) is 11.0. The molecule has 1 N–H and O–H groups in total. The molecule has 0 atom stereocenters. The fourth-order valence-electron chi connectivity index (χ4n) is 1.95. The van der Waals surface area contributed by atoms with Gasteiger partial charge in [0.05, 0.1) is 11.6 Å². The minimum absolute atomic E-state index is 0.518. The second-order valence-electron chi connectivity index (χ2n) is 4.29. The highest BCUT2D eigenvalue weighted by molar-refractivity contribution is 7.09. The molecule has 6 nitrogen and oxygen atoms in total. The van der Waals surface area contributed by atoms with Gasteiger partial charge < -0.3 is 9.84 Å². The number of nitrogens with one attached hydrogen (secondary N) is 1. The fraction of sp³-hybridized carbons (Fsp3) is 0.545. The zero-order valence-corrected chi connectivity index (χ0v) is 11.0.